The molecule has 0 fully saturated rings. The largest absolute Gasteiger partial charge is 0.393 e. The first kappa shape index (κ1) is 13.5. The van der Waals surface area contributed by atoms with Crippen molar-refractivity contribution in [1.29, 1.82) is 10.5 Å². The van der Waals surface area contributed by atoms with E-state index in [0.29, 0.717) is 43.3 Å². The van der Waals surface area contributed by atoms with Crippen LogP contribution in [0.5, 0.6) is 0 Å². The highest BCUT2D eigenvalue weighted by Crippen LogP contribution is 2.25. The number of hydrogen-bond donors (Lipinski definition) is 3. The van der Waals surface area contributed by atoms with Gasteiger partial charge in [0.25, 0.3) is 0 Å². The summed E-state index contributed by atoms with van der Waals surface area (Å²) in [5.74, 6) is 6.07. The molecule has 0 aliphatic carbocycles. The van der Waals surface area contributed by atoms with Crippen LogP contribution in [0.4, 0.5) is 17.3 Å². The first-order valence-corrected chi connectivity index (χ1v) is 5.30. The van der Waals surface area contributed by atoms with Crippen molar-refractivity contribution in [3.05, 3.63) is 6.33 Å². The molecule has 1 rings (SSSR count). The number of aromatic nitrogens is 2. The molecule has 94 valence electrons. The average Bonchev–Trinajstić information content (AvgIpc) is 2.40. The van der Waals surface area contributed by atoms with Gasteiger partial charge in [-0.1, -0.05) is 0 Å². The highest BCUT2D eigenvalue weighted by Gasteiger charge is 2.14. The molecule has 1 heterocycles. The van der Waals surface area contributed by atoms with Crippen molar-refractivity contribution in [3.8, 4) is 12.1 Å². The Morgan fingerprint density at radius 3 is 2.33 bits per heavy atom. The molecule has 0 bridgehead atoms. The minimum Gasteiger partial charge on any atom is -0.393 e. The summed E-state index contributed by atoms with van der Waals surface area (Å²) < 4.78 is 0. The molecule has 0 radical (unpaired) electrons. The fourth-order valence-corrected chi connectivity index (χ4v) is 1.45. The van der Waals surface area contributed by atoms with E-state index in [4.69, 9.17) is 22.1 Å². The van der Waals surface area contributed by atoms with E-state index >= 15 is 0 Å². The lowest BCUT2D eigenvalue weighted by atomic mass is 10.3. The van der Waals surface area contributed by atoms with Crippen LogP contribution < -0.4 is 21.9 Å². The highest BCUT2D eigenvalue weighted by atomic mass is 15.3. The SMILES string of the molecule is N#CCCN(CCC#N)c1ncnc(NN)c1N. The molecule has 0 saturated heterocycles. The summed E-state index contributed by atoms with van der Waals surface area (Å²) in [6.07, 6.45) is 1.97. The third kappa shape index (κ3) is 3.20. The van der Waals surface area contributed by atoms with Crippen LogP contribution in [0.3, 0.4) is 0 Å². The maximum Gasteiger partial charge on any atom is 0.168 e. The predicted octanol–water partition coefficient (Wildman–Crippen LogP) is -0.0218. The zero-order chi connectivity index (χ0) is 13.4. The van der Waals surface area contributed by atoms with Crippen LogP contribution in [-0.2, 0) is 0 Å². The second kappa shape index (κ2) is 6.89. The van der Waals surface area contributed by atoms with Gasteiger partial charge in [-0.15, -0.1) is 0 Å². The van der Waals surface area contributed by atoms with Crippen LogP contribution in [0.2, 0.25) is 0 Å². The van der Waals surface area contributed by atoms with Crippen molar-refractivity contribution in [1.82, 2.24) is 9.97 Å². The summed E-state index contributed by atoms with van der Waals surface area (Å²) >= 11 is 0. The van der Waals surface area contributed by atoms with Gasteiger partial charge in [0, 0.05) is 13.1 Å². The van der Waals surface area contributed by atoms with Gasteiger partial charge in [0.05, 0.1) is 25.0 Å². The van der Waals surface area contributed by atoms with Crippen molar-refractivity contribution in [2.75, 3.05) is 29.1 Å². The van der Waals surface area contributed by atoms with Crippen LogP contribution in [-0.4, -0.2) is 23.1 Å². The van der Waals surface area contributed by atoms with E-state index in [1.54, 1.807) is 4.90 Å². The normalized spacial score (nSPS) is 9.28. The molecule has 0 atom stereocenters. The number of nitrogens with one attached hydrogen (secondary N) is 1. The number of nitrogens with zero attached hydrogens (tertiary/aromatic N) is 5. The summed E-state index contributed by atoms with van der Waals surface area (Å²) in [4.78, 5) is 9.71. The number of nitrogens with two attached hydrogens (primary N) is 2. The van der Waals surface area contributed by atoms with E-state index in [0.717, 1.165) is 0 Å². The molecular weight excluding hydrogens is 232 g/mol. The topological polar surface area (TPSA) is 141 Å². The van der Waals surface area contributed by atoms with E-state index in [2.05, 4.69) is 15.4 Å². The first-order chi connectivity index (χ1) is 8.74. The molecule has 0 aliphatic heterocycles. The fraction of sp³-hybridized carbons (Fsp3) is 0.400. The second-order valence-corrected chi connectivity index (χ2v) is 3.41. The monoisotopic (exact) mass is 246 g/mol. The number of hydrazine groups is 1. The molecule has 0 saturated carbocycles. The lowest BCUT2D eigenvalue weighted by molar-refractivity contribution is 0.781. The first-order valence-electron chi connectivity index (χ1n) is 5.30. The Morgan fingerprint density at radius 1 is 1.22 bits per heavy atom. The Kier molecular flexibility index (Phi) is 5.16. The fourth-order valence-electron chi connectivity index (χ4n) is 1.45. The summed E-state index contributed by atoms with van der Waals surface area (Å²) in [6.45, 7) is 0.896. The average molecular weight is 246 g/mol. The van der Waals surface area contributed by atoms with Crippen LogP contribution in [0.25, 0.3) is 0 Å². The van der Waals surface area contributed by atoms with E-state index in [-0.39, 0.29) is 0 Å². The van der Waals surface area contributed by atoms with Crippen LogP contribution in [0, 0.1) is 22.7 Å². The standard InChI is InChI=1S/C10H14N8/c11-3-1-5-18(6-2-4-12)10-8(13)9(17-14)15-7-16-10/h7H,1-2,5-6,13-14H2,(H,15,16,17). The van der Waals surface area contributed by atoms with Gasteiger partial charge in [-0.05, 0) is 0 Å². The molecule has 8 nitrogen and oxygen atoms in total. The van der Waals surface area contributed by atoms with E-state index in [9.17, 15) is 0 Å². The maximum absolute atomic E-state index is 8.62. The minimum absolute atomic E-state index is 0.302. The molecule has 8 heteroatoms. The van der Waals surface area contributed by atoms with Crippen molar-refractivity contribution in [2.45, 2.75) is 12.8 Å². The Bertz CT molecular complexity index is 454. The van der Waals surface area contributed by atoms with Gasteiger partial charge in [0.1, 0.15) is 12.0 Å². The van der Waals surface area contributed by atoms with E-state index in [1.807, 2.05) is 12.1 Å². The lowest BCUT2D eigenvalue weighted by Gasteiger charge is -2.23. The van der Waals surface area contributed by atoms with Gasteiger partial charge in [-0.25, -0.2) is 15.8 Å². The van der Waals surface area contributed by atoms with Crippen molar-refractivity contribution in [3.63, 3.8) is 0 Å². The maximum atomic E-state index is 8.62. The van der Waals surface area contributed by atoms with Crippen molar-refractivity contribution < 1.29 is 0 Å². The van der Waals surface area contributed by atoms with Gasteiger partial charge in [-0.2, -0.15) is 10.5 Å². The van der Waals surface area contributed by atoms with Crippen LogP contribution in [0.1, 0.15) is 12.8 Å². The Balaban J connectivity index is 2.97. The third-order valence-electron chi connectivity index (χ3n) is 2.29. The molecule has 0 aliphatic rings. The minimum atomic E-state index is 0.302. The van der Waals surface area contributed by atoms with Gasteiger partial charge in [0.2, 0.25) is 0 Å². The molecule has 1 aromatic heterocycles. The van der Waals surface area contributed by atoms with E-state index < -0.39 is 0 Å². The van der Waals surface area contributed by atoms with Gasteiger partial charge >= 0.3 is 0 Å². The zero-order valence-corrected chi connectivity index (χ0v) is 9.80. The molecule has 18 heavy (non-hydrogen) atoms. The van der Waals surface area contributed by atoms with Crippen LogP contribution in [0.15, 0.2) is 6.33 Å². The quantitative estimate of drug-likeness (QED) is 0.469. The number of rotatable bonds is 6. The number of hydrogen-bond acceptors (Lipinski definition) is 8. The zero-order valence-electron chi connectivity index (χ0n) is 9.80. The van der Waals surface area contributed by atoms with Gasteiger partial charge < -0.3 is 16.1 Å². The molecule has 0 spiro atoms. The molecule has 5 N–H and O–H groups in total. The molecular formula is C10H14N8. The number of nitriles is 2. The summed E-state index contributed by atoms with van der Waals surface area (Å²) in [5, 5.41) is 17.2. The molecule has 0 unspecified atom stereocenters. The van der Waals surface area contributed by atoms with Gasteiger partial charge in [0.15, 0.2) is 11.6 Å². The lowest BCUT2D eigenvalue weighted by Crippen LogP contribution is -2.28. The molecule has 1 aromatic rings. The number of nitrogen functional groups attached to an aromatic ring is 2. The smallest absolute Gasteiger partial charge is 0.168 e. The Morgan fingerprint density at radius 2 is 1.83 bits per heavy atom. The second-order valence-electron chi connectivity index (χ2n) is 3.41. The molecule has 0 aromatic carbocycles. The van der Waals surface area contributed by atoms with Crippen molar-refractivity contribution in [2.24, 2.45) is 5.84 Å². The predicted molar refractivity (Wildman–Crippen MR) is 66.9 cm³/mol. The Hall–Kier alpha value is -2.58. The summed E-state index contributed by atoms with van der Waals surface area (Å²) in [6, 6.07) is 4.09. The Labute approximate surface area is 105 Å². The summed E-state index contributed by atoms with van der Waals surface area (Å²) in [7, 11) is 0. The van der Waals surface area contributed by atoms with Gasteiger partial charge in [-0.3, -0.25) is 0 Å². The van der Waals surface area contributed by atoms with Crippen LogP contribution >= 0.6 is 0 Å². The van der Waals surface area contributed by atoms with E-state index in [1.165, 1.54) is 6.33 Å². The van der Waals surface area contributed by atoms with Crippen molar-refractivity contribution >= 4 is 17.3 Å². The summed E-state index contributed by atoms with van der Waals surface area (Å²) in [5.41, 5.74) is 8.53. The molecule has 0 amide bonds. The number of anilines is 3. The third-order valence-corrected chi connectivity index (χ3v) is 2.29. The highest BCUT2D eigenvalue weighted by molar-refractivity contribution is 5.74.